The summed E-state index contributed by atoms with van der Waals surface area (Å²) in [4.78, 5) is 14.7. The van der Waals surface area contributed by atoms with Crippen molar-refractivity contribution in [1.29, 1.82) is 0 Å². The summed E-state index contributed by atoms with van der Waals surface area (Å²) >= 11 is 4.22. The van der Waals surface area contributed by atoms with E-state index in [1.54, 1.807) is 0 Å². The highest BCUT2D eigenvalue weighted by Crippen LogP contribution is 2.40. The first-order chi connectivity index (χ1) is 11.3. The van der Waals surface area contributed by atoms with Crippen LogP contribution in [-0.4, -0.2) is 33.4 Å². The molecule has 0 unspecified atom stereocenters. The van der Waals surface area contributed by atoms with Crippen LogP contribution in [0.4, 0.5) is 0 Å². The fraction of sp³-hybridized carbons (Fsp3) is 0.632. The second kappa shape index (κ2) is 8.48. The van der Waals surface area contributed by atoms with Crippen LogP contribution in [0.1, 0.15) is 38.2 Å². The first kappa shape index (κ1) is 17.2. The summed E-state index contributed by atoms with van der Waals surface area (Å²) < 4.78 is 0.719. The minimum absolute atomic E-state index is 0.356. The van der Waals surface area contributed by atoms with Crippen molar-refractivity contribution in [1.82, 2.24) is 4.90 Å². The van der Waals surface area contributed by atoms with E-state index in [2.05, 4.69) is 59.6 Å². The zero-order valence-corrected chi connectivity index (χ0v) is 15.6. The molecule has 0 spiro atoms. The zero-order chi connectivity index (χ0) is 16.1. The van der Waals surface area contributed by atoms with Crippen molar-refractivity contribution in [3.8, 4) is 0 Å². The summed E-state index contributed by atoms with van der Waals surface area (Å²) in [5.41, 5.74) is 1.24. The van der Waals surface area contributed by atoms with Crippen LogP contribution in [0.3, 0.4) is 0 Å². The quantitative estimate of drug-likeness (QED) is 0.772. The van der Waals surface area contributed by atoms with Crippen molar-refractivity contribution in [2.75, 3.05) is 18.1 Å². The number of carbonyl (C=O) groups excluding carboxylic acids is 1. The van der Waals surface area contributed by atoms with Crippen LogP contribution < -0.4 is 0 Å². The molecule has 4 heteroatoms. The summed E-state index contributed by atoms with van der Waals surface area (Å²) in [7, 11) is 0. The molecule has 23 heavy (non-hydrogen) atoms. The molecule has 1 aromatic rings. The zero-order valence-electron chi connectivity index (χ0n) is 13.9. The summed E-state index contributed by atoms with van der Waals surface area (Å²) in [6.07, 6.45) is 4.50. The molecule has 0 aliphatic carbocycles. The number of nitrogens with zero attached hydrogens (tertiary/aromatic N) is 1. The number of carbonyl (C=O) groups is 1. The van der Waals surface area contributed by atoms with Crippen LogP contribution in [0.25, 0.3) is 0 Å². The molecule has 1 aromatic carbocycles. The Hall–Kier alpha value is -0.610. The lowest BCUT2D eigenvalue weighted by Gasteiger charge is -2.39. The van der Waals surface area contributed by atoms with Gasteiger partial charge in [0.05, 0.1) is 4.58 Å². The van der Waals surface area contributed by atoms with E-state index in [4.69, 9.17) is 0 Å². The number of hydrogen-bond acceptors (Lipinski definition) is 3. The van der Waals surface area contributed by atoms with Gasteiger partial charge in [0.2, 0.25) is 5.91 Å². The van der Waals surface area contributed by atoms with Crippen LogP contribution in [0.5, 0.6) is 0 Å². The largest absolute Gasteiger partial charge is 0.338 e. The standard InChI is InChI=1S/C19H27NOS2/c1-2-16-14-20(13-15-7-4-3-5-8-15)18(21)11-17(16)12-19-22-9-6-10-23-19/h3-5,7-8,16-17,19H,2,6,9-14H2,1H3/t16-,17-/m0/s1. The topological polar surface area (TPSA) is 20.3 Å². The van der Waals surface area contributed by atoms with Gasteiger partial charge in [-0.3, -0.25) is 4.79 Å². The van der Waals surface area contributed by atoms with Crippen molar-refractivity contribution < 1.29 is 4.79 Å². The van der Waals surface area contributed by atoms with E-state index in [1.807, 2.05) is 6.07 Å². The molecular formula is C19H27NOS2. The fourth-order valence-electron chi connectivity index (χ4n) is 3.67. The van der Waals surface area contributed by atoms with Crippen molar-refractivity contribution in [3.05, 3.63) is 35.9 Å². The molecule has 2 atom stereocenters. The van der Waals surface area contributed by atoms with Crippen LogP contribution >= 0.6 is 23.5 Å². The number of amides is 1. The third-order valence-corrected chi connectivity index (χ3v) is 8.04. The minimum atomic E-state index is 0.356. The number of thioether (sulfide) groups is 2. The molecule has 2 fully saturated rings. The maximum atomic E-state index is 12.6. The number of rotatable bonds is 5. The first-order valence-corrected chi connectivity index (χ1v) is 10.9. The van der Waals surface area contributed by atoms with Gasteiger partial charge in [-0.05, 0) is 41.7 Å². The van der Waals surface area contributed by atoms with E-state index in [-0.39, 0.29) is 0 Å². The Morgan fingerprint density at radius 2 is 1.87 bits per heavy atom. The number of benzene rings is 1. The predicted molar refractivity (Wildman–Crippen MR) is 102 cm³/mol. The first-order valence-electron chi connectivity index (χ1n) is 8.81. The predicted octanol–water partition coefficient (Wildman–Crippen LogP) is 4.65. The number of likely N-dealkylation sites (tertiary alicyclic amines) is 1. The molecule has 2 aliphatic rings. The van der Waals surface area contributed by atoms with Crippen molar-refractivity contribution in [3.63, 3.8) is 0 Å². The van der Waals surface area contributed by atoms with E-state index >= 15 is 0 Å². The van der Waals surface area contributed by atoms with E-state index in [9.17, 15) is 4.79 Å². The molecule has 1 amide bonds. The van der Waals surface area contributed by atoms with Gasteiger partial charge < -0.3 is 4.90 Å². The molecule has 2 nitrogen and oxygen atoms in total. The fourth-order valence-corrected chi connectivity index (χ4v) is 6.73. The highest BCUT2D eigenvalue weighted by molar-refractivity contribution is 8.17. The molecule has 0 aromatic heterocycles. The molecule has 0 radical (unpaired) electrons. The minimum Gasteiger partial charge on any atom is -0.338 e. The molecule has 2 saturated heterocycles. The highest BCUT2D eigenvalue weighted by Gasteiger charge is 2.34. The van der Waals surface area contributed by atoms with Gasteiger partial charge in [-0.1, -0.05) is 43.7 Å². The Bertz CT molecular complexity index is 501. The third-order valence-electron chi connectivity index (χ3n) is 5.04. The van der Waals surface area contributed by atoms with Crippen LogP contribution in [0.15, 0.2) is 30.3 Å². The molecule has 3 rings (SSSR count). The van der Waals surface area contributed by atoms with E-state index in [0.717, 1.165) is 24.1 Å². The second-order valence-electron chi connectivity index (χ2n) is 6.65. The van der Waals surface area contributed by atoms with Gasteiger partial charge >= 0.3 is 0 Å². The number of hydrogen-bond donors (Lipinski definition) is 0. The van der Waals surface area contributed by atoms with Gasteiger partial charge in [-0.15, -0.1) is 23.5 Å². The maximum Gasteiger partial charge on any atom is 0.223 e. The van der Waals surface area contributed by atoms with Gasteiger partial charge in [0.1, 0.15) is 0 Å². The smallest absolute Gasteiger partial charge is 0.223 e. The Morgan fingerprint density at radius 3 is 2.57 bits per heavy atom. The summed E-state index contributed by atoms with van der Waals surface area (Å²) in [6, 6.07) is 10.4. The molecule has 126 valence electrons. The van der Waals surface area contributed by atoms with Gasteiger partial charge in [0.15, 0.2) is 0 Å². The summed E-state index contributed by atoms with van der Waals surface area (Å²) in [5, 5.41) is 0. The van der Waals surface area contributed by atoms with Crippen LogP contribution in [0.2, 0.25) is 0 Å². The van der Waals surface area contributed by atoms with Crippen molar-refractivity contribution in [2.24, 2.45) is 11.8 Å². The monoisotopic (exact) mass is 349 g/mol. The average Bonchev–Trinajstić information content (AvgIpc) is 2.59. The second-order valence-corrected chi connectivity index (χ2v) is 9.57. The van der Waals surface area contributed by atoms with Crippen LogP contribution in [-0.2, 0) is 11.3 Å². The molecule has 0 bridgehead atoms. The summed E-state index contributed by atoms with van der Waals surface area (Å²) in [6.45, 7) is 4.00. The average molecular weight is 350 g/mol. The third kappa shape index (κ3) is 4.69. The van der Waals surface area contributed by atoms with Gasteiger partial charge in [-0.2, -0.15) is 0 Å². The molecule has 0 saturated carbocycles. The maximum absolute atomic E-state index is 12.6. The molecular weight excluding hydrogens is 322 g/mol. The normalized spacial score (nSPS) is 26.5. The van der Waals surface area contributed by atoms with Crippen LogP contribution in [0, 0.1) is 11.8 Å². The molecule has 0 N–H and O–H groups in total. The lowest BCUT2D eigenvalue weighted by atomic mass is 9.81. The van der Waals surface area contributed by atoms with Gasteiger partial charge in [-0.25, -0.2) is 0 Å². The SMILES string of the molecule is CC[C@H]1CN(Cc2ccccc2)C(=O)C[C@H]1CC1SCCCS1. The highest BCUT2D eigenvalue weighted by atomic mass is 32.2. The molecule has 2 heterocycles. The lowest BCUT2D eigenvalue weighted by Crippen LogP contribution is -2.44. The Labute approximate surface area is 148 Å². The number of piperidine rings is 1. The van der Waals surface area contributed by atoms with Gasteiger partial charge in [0, 0.05) is 19.5 Å². The Balaban J connectivity index is 1.59. The molecule has 2 aliphatic heterocycles. The van der Waals surface area contributed by atoms with Gasteiger partial charge in [0.25, 0.3) is 0 Å². The van der Waals surface area contributed by atoms with E-state index < -0.39 is 0 Å². The van der Waals surface area contributed by atoms with E-state index in [1.165, 1.54) is 36.3 Å². The van der Waals surface area contributed by atoms with Crippen molar-refractivity contribution in [2.45, 2.75) is 43.7 Å². The van der Waals surface area contributed by atoms with Crippen molar-refractivity contribution >= 4 is 29.4 Å². The van der Waals surface area contributed by atoms with E-state index in [0.29, 0.717) is 17.7 Å². The lowest BCUT2D eigenvalue weighted by molar-refractivity contribution is -0.138. The summed E-state index contributed by atoms with van der Waals surface area (Å²) in [5.74, 6) is 4.21. The Kier molecular flexibility index (Phi) is 6.35. The Morgan fingerprint density at radius 1 is 1.13 bits per heavy atom.